The SMILES string of the molecule is CCCCCCCCCCCC[P]CCCCCCC. The number of rotatable bonds is 17. The fraction of sp³-hybridized carbons (Fsp3) is 1.00. The predicted octanol–water partition coefficient (Wildman–Crippen LogP) is 7.82. The van der Waals surface area contributed by atoms with Gasteiger partial charge in [-0.05, 0) is 25.2 Å². The zero-order valence-electron chi connectivity index (χ0n) is 14.5. The first kappa shape index (κ1) is 20.4. The minimum atomic E-state index is 1.37. The summed E-state index contributed by atoms with van der Waals surface area (Å²) in [7, 11) is 1.72. The molecule has 0 nitrogen and oxygen atoms in total. The van der Waals surface area contributed by atoms with Crippen LogP contribution in [-0.4, -0.2) is 12.3 Å². The highest BCUT2D eigenvalue weighted by atomic mass is 31.1. The molecule has 0 aromatic heterocycles. The van der Waals surface area contributed by atoms with E-state index in [0.717, 1.165) is 0 Å². The van der Waals surface area contributed by atoms with Crippen molar-refractivity contribution in [2.75, 3.05) is 12.3 Å². The molecule has 0 saturated heterocycles. The van der Waals surface area contributed by atoms with Crippen molar-refractivity contribution in [1.82, 2.24) is 0 Å². The lowest BCUT2D eigenvalue weighted by molar-refractivity contribution is 0.563. The molecule has 0 unspecified atom stereocenters. The van der Waals surface area contributed by atoms with Crippen molar-refractivity contribution in [2.45, 2.75) is 110 Å². The van der Waals surface area contributed by atoms with E-state index in [1.165, 1.54) is 109 Å². The molecule has 0 saturated carbocycles. The molecule has 0 amide bonds. The summed E-state index contributed by atoms with van der Waals surface area (Å²) >= 11 is 0. The summed E-state index contributed by atoms with van der Waals surface area (Å²) in [6, 6.07) is 0. The fourth-order valence-electron chi connectivity index (χ4n) is 2.65. The average molecular weight is 300 g/mol. The van der Waals surface area contributed by atoms with Crippen LogP contribution in [0, 0.1) is 0 Å². The summed E-state index contributed by atoms with van der Waals surface area (Å²) in [4.78, 5) is 0. The van der Waals surface area contributed by atoms with Crippen LogP contribution in [0.15, 0.2) is 0 Å². The van der Waals surface area contributed by atoms with E-state index < -0.39 is 0 Å². The monoisotopic (exact) mass is 299 g/mol. The van der Waals surface area contributed by atoms with Gasteiger partial charge in [-0.3, -0.25) is 0 Å². The molecule has 0 fully saturated rings. The summed E-state index contributed by atoms with van der Waals surface area (Å²) < 4.78 is 0. The standard InChI is InChI=1S/C19H40P/c1-3-5-7-9-10-11-12-13-15-17-19-20-18-16-14-8-6-4-2/h3-19H2,1-2H3. The van der Waals surface area contributed by atoms with Gasteiger partial charge < -0.3 is 0 Å². The molecule has 0 N–H and O–H groups in total. The maximum atomic E-state index is 2.30. The Bertz CT molecular complexity index is 138. The molecule has 0 spiro atoms. The second kappa shape index (κ2) is 19.4. The van der Waals surface area contributed by atoms with Crippen LogP contribution in [0.25, 0.3) is 0 Å². The van der Waals surface area contributed by atoms with Gasteiger partial charge in [0.05, 0.1) is 0 Å². The molecule has 1 heteroatoms. The smallest absolute Gasteiger partial charge is 0.0287 e. The normalized spacial score (nSPS) is 11.7. The van der Waals surface area contributed by atoms with E-state index in [1.807, 2.05) is 0 Å². The summed E-state index contributed by atoms with van der Waals surface area (Å²) in [5.41, 5.74) is 0. The minimum Gasteiger partial charge on any atom is -0.0810 e. The van der Waals surface area contributed by atoms with E-state index in [4.69, 9.17) is 0 Å². The van der Waals surface area contributed by atoms with E-state index in [0.29, 0.717) is 0 Å². The first-order chi connectivity index (χ1) is 9.91. The van der Waals surface area contributed by atoms with Gasteiger partial charge in [0.15, 0.2) is 0 Å². The van der Waals surface area contributed by atoms with Crippen LogP contribution in [0.2, 0.25) is 0 Å². The van der Waals surface area contributed by atoms with Crippen LogP contribution >= 0.6 is 8.58 Å². The first-order valence-corrected chi connectivity index (χ1v) is 10.8. The molecule has 0 atom stereocenters. The van der Waals surface area contributed by atoms with Crippen LogP contribution in [0.5, 0.6) is 0 Å². The predicted molar refractivity (Wildman–Crippen MR) is 97.3 cm³/mol. The Morgan fingerprint density at radius 1 is 0.400 bits per heavy atom. The van der Waals surface area contributed by atoms with Crippen molar-refractivity contribution in [3.05, 3.63) is 0 Å². The van der Waals surface area contributed by atoms with Gasteiger partial charge in [-0.15, -0.1) is 0 Å². The zero-order chi connectivity index (χ0) is 14.7. The molecule has 20 heavy (non-hydrogen) atoms. The average Bonchev–Trinajstić information content (AvgIpc) is 2.47. The summed E-state index contributed by atoms with van der Waals surface area (Å²) in [5, 5.41) is 0. The maximum Gasteiger partial charge on any atom is -0.0287 e. The second-order valence-electron chi connectivity index (χ2n) is 6.27. The molecule has 1 radical (unpaired) electrons. The lowest BCUT2D eigenvalue weighted by Gasteiger charge is -2.03. The Labute approximate surface area is 131 Å². The third-order valence-electron chi connectivity index (χ3n) is 4.09. The largest absolute Gasteiger partial charge is 0.0810 e. The van der Waals surface area contributed by atoms with Crippen LogP contribution in [-0.2, 0) is 0 Å². The number of hydrogen-bond acceptors (Lipinski definition) is 0. The van der Waals surface area contributed by atoms with Gasteiger partial charge in [-0.1, -0.05) is 106 Å². The van der Waals surface area contributed by atoms with Gasteiger partial charge >= 0.3 is 0 Å². The van der Waals surface area contributed by atoms with Gasteiger partial charge in [0.2, 0.25) is 0 Å². The van der Waals surface area contributed by atoms with Crippen LogP contribution in [0.3, 0.4) is 0 Å². The van der Waals surface area contributed by atoms with E-state index in [1.54, 1.807) is 8.58 Å². The summed E-state index contributed by atoms with van der Waals surface area (Å²) in [6.45, 7) is 4.59. The molecule has 0 aliphatic rings. The molecule has 0 aliphatic carbocycles. The highest BCUT2D eigenvalue weighted by molar-refractivity contribution is 7.37. The molecule has 0 aromatic rings. The zero-order valence-corrected chi connectivity index (χ0v) is 15.4. The number of unbranched alkanes of at least 4 members (excludes halogenated alkanes) is 13. The maximum absolute atomic E-state index is 2.30. The van der Waals surface area contributed by atoms with E-state index in [2.05, 4.69) is 13.8 Å². The number of hydrogen-bond donors (Lipinski definition) is 0. The molecule has 0 bridgehead atoms. The molecule has 0 aromatic carbocycles. The molecular formula is C19H40P. The third kappa shape index (κ3) is 18.4. The minimum absolute atomic E-state index is 1.37. The van der Waals surface area contributed by atoms with Crippen LogP contribution in [0.4, 0.5) is 0 Å². The molecule has 0 rings (SSSR count). The highest BCUT2D eigenvalue weighted by Gasteiger charge is 1.94. The molecular weight excluding hydrogens is 259 g/mol. The Hall–Kier alpha value is 0.430. The lowest BCUT2D eigenvalue weighted by atomic mass is 10.1. The highest BCUT2D eigenvalue weighted by Crippen LogP contribution is 2.18. The Morgan fingerprint density at radius 2 is 0.700 bits per heavy atom. The Kier molecular flexibility index (Phi) is 19.8. The van der Waals surface area contributed by atoms with Crippen molar-refractivity contribution in [2.24, 2.45) is 0 Å². The van der Waals surface area contributed by atoms with Crippen molar-refractivity contribution < 1.29 is 0 Å². The molecule has 121 valence electrons. The second-order valence-corrected chi connectivity index (χ2v) is 7.61. The lowest BCUT2D eigenvalue weighted by Crippen LogP contribution is -1.85. The summed E-state index contributed by atoms with van der Waals surface area (Å²) in [6.07, 6.45) is 24.8. The van der Waals surface area contributed by atoms with Gasteiger partial charge in [-0.25, -0.2) is 0 Å². The van der Waals surface area contributed by atoms with Crippen molar-refractivity contribution in [1.29, 1.82) is 0 Å². The fourth-order valence-corrected chi connectivity index (χ4v) is 3.77. The Balaban J connectivity index is 2.89. The Morgan fingerprint density at radius 3 is 1.05 bits per heavy atom. The quantitative estimate of drug-likeness (QED) is 0.190. The van der Waals surface area contributed by atoms with Crippen molar-refractivity contribution in [3.8, 4) is 0 Å². The topological polar surface area (TPSA) is 0 Å². The van der Waals surface area contributed by atoms with Gasteiger partial charge in [0.25, 0.3) is 0 Å². The van der Waals surface area contributed by atoms with Crippen LogP contribution < -0.4 is 0 Å². The molecule has 0 aliphatic heterocycles. The van der Waals surface area contributed by atoms with Crippen molar-refractivity contribution in [3.63, 3.8) is 0 Å². The van der Waals surface area contributed by atoms with E-state index in [-0.39, 0.29) is 0 Å². The van der Waals surface area contributed by atoms with Gasteiger partial charge in [-0.2, -0.15) is 0 Å². The van der Waals surface area contributed by atoms with Crippen LogP contribution in [0.1, 0.15) is 110 Å². The van der Waals surface area contributed by atoms with Gasteiger partial charge in [0.1, 0.15) is 0 Å². The first-order valence-electron chi connectivity index (χ1n) is 9.55. The van der Waals surface area contributed by atoms with Crippen molar-refractivity contribution >= 4 is 8.58 Å². The third-order valence-corrected chi connectivity index (χ3v) is 5.35. The van der Waals surface area contributed by atoms with E-state index in [9.17, 15) is 0 Å². The van der Waals surface area contributed by atoms with E-state index >= 15 is 0 Å². The molecule has 0 heterocycles. The van der Waals surface area contributed by atoms with Gasteiger partial charge in [0, 0.05) is 0 Å². The summed E-state index contributed by atoms with van der Waals surface area (Å²) in [5.74, 6) is 0.